The second-order valence-electron chi connectivity index (χ2n) is 6.59. The van der Waals surface area contributed by atoms with Crippen LogP contribution in [0.5, 0.6) is 0 Å². The molecule has 142 valence electrons. The number of anilines is 1. The van der Waals surface area contributed by atoms with Crippen LogP contribution in [0.2, 0.25) is 0 Å². The van der Waals surface area contributed by atoms with E-state index in [1.165, 1.54) is 6.07 Å². The monoisotopic (exact) mass is 416 g/mol. The minimum atomic E-state index is -4.33. The molecule has 4 rings (SSSR count). The summed E-state index contributed by atoms with van der Waals surface area (Å²) in [7, 11) is 0. The number of rotatable bonds is 1. The van der Waals surface area contributed by atoms with Crippen molar-refractivity contribution in [1.29, 1.82) is 0 Å². The predicted octanol–water partition coefficient (Wildman–Crippen LogP) is 5.28. The van der Waals surface area contributed by atoms with Crippen molar-refractivity contribution in [3.05, 3.63) is 51.4 Å². The van der Waals surface area contributed by atoms with E-state index in [1.54, 1.807) is 6.92 Å². The number of thiophene rings is 1. The maximum absolute atomic E-state index is 14.5. The Kier molecular flexibility index (Phi) is 4.34. The van der Waals surface area contributed by atoms with Gasteiger partial charge in [-0.3, -0.25) is 4.99 Å². The van der Waals surface area contributed by atoms with Crippen LogP contribution < -0.4 is 5.32 Å². The highest BCUT2D eigenvalue weighted by atomic mass is 32.1. The molecular formula is C18H13F5N2S2. The largest absolute Gasteiger partial charge is 0.392 e. The molecule has 1 aromatic carbocycles. The van der Waals surface area contributed by atoms with E-state index in [1.807, 2.05) is 0 Å². The van der Waals surface area contributed by atoms with Crippen LogP contribution in [-0.4, -0.2) is 22.9 Å². The lowest BCUT2D eigenvalue weighted by molar-refractivity contribution is -0.171. The van der Waals surface area contributed by atoms with Gasteiger partial charge in [0, 0.05) is 10.4 Å². The molecule has 0 bridgehead atoms. The molecule has 0 fully saturated rings. The summed E-state index contributed by atoms with van der Waals surface area (Å²) in [5.41, 5.74) is 0.453. The Bertz CT molecular complexity index is 957. The van der Waals surface area contributed by atoms with Gasteiger partial charge in [0.05, 0.1) is 23.2 Å². The molecule has 2 nitrogen and oxygen atoms in total. The van der Waals surface area contributed by atoms with Gasteiger partial charge in [-0.25, -0.2) is 8.78 Å². The highest BCUT2D eigenvalue weighted by Crippen LogP contribution is 2.47. The Hall–Kier alpha value is -1.87. The molecule has 1 aliphatic carbocycles. The lowest BCUT2D eigenvalue weighted by Crippen LogP contribution is -2.23. The fourth-order valence-electron chi connectivity index (χ4n) is 3.45. The van der Waals surface area contributed by atoms with Gasteiger partial charge in [0.1, 0.15) is 21.6 Å². The number of alkyl halides is 3. The fourth-order valence-corrected chi connectivity index (χ4v) is 4.99. The standard InChI is InChI=1S/C18H13F5N2S2/c1-7-16(26)25-17-13(9-5-8(18(21,22)23)6-12(9)27-17)15(24-7)14-10(19)3-2-4-11(14)20/h2-4,7-8H,5-6H2,1H3,(H,25,26)/t7-,8?/m0/s1. The number of benzene rings is 1. The Labute approximate surface area is 161 Å². The zero-order chi connectivity index (χ0) is 19.5. The van der Waals surface area contributed by atoms with Crippen molar-refractivity contribution >= 4 is 39.3 Å². The van der Waals surface area contributed by atoms with Gasteiger partial charge in [-0.2, -0.15) is 13.2 Å². The van der Waals surface area contributed by atoms with E-state index in [9.17, 15) is 22.0 Å². The number of nitrogens with zero attached hydrogens (tertiary/aromatic N) is 1. The van der Waals surface area contributed by atoms with E-state index in [2.05, 4.69) is 10.3 Å². The summed E-state index contributed by atoms with van der Waals surface area (Å²) in [6.07, 6.45) is -4.71. The van der Waals surface area contributed by atoms with Crippen molar-refractivity contribution in [3.63, 3.8) is 0 Å². The molecule has 1 aliphatic heterocycles. The van der Waals surface area contributed by atoms with Crippen molar-refractivity contribution in [2.45, 2.75) is 32.0 Å². The average Bonchev–Trinajstić information content (AvgIpc) is 3.07. The summed E-state index contributed by atoms with van der Waals surface area (Å²) in [6, 6.07) is 2.88. The van der Waals surface area contributed by atoms with E-state index in [4.69, 9.17) is 12.2 Å². The molecule has 0 radical (unpaired) electrons. The first-order valence-corrected chi connectivity index (χ1v) is 9.44. The second-order valence-corrected chi connectivity index (χ2v) is 8.14. The van der Waals surface area contributed by atoms with E-state index < -0.39 is 29.8 Å². The molecule has 1 aromatic heterocycles. The van der Waals surface area contributed by atoms with Gasteiger partial charge in [0.2, 0.25) is 0 Å². The molecule has 1 N–H and O–H groups in total. The Balaban J connectivity index is 1.93. The zero-order valence-corrected chi connectivity index (χ0v) is 15.6. The predicted molar refractivity (Wildman–Crippen MR) is 99.0 cm³/mol. The molecular weight excluding hydrogens is 403 g/mol. The molecule has 2 atom stereocenters. The lowest BCUT2D eigenvalue weighted by Gasteiger charge is -2.15. The summed E-state index contributed by atoms with van der Waals surface area (Å²) in [5.74, 6) is -3.13. The summed E-state index contributed by atoms with van der Waals surface area (Å²) >= 11 is 6.42. The first-order chi connectivity index (χ1) is 12.7. The lowest BCUT2D eigenvalue weighted by atomic mass is 9.97. The number of hydrogen-bond acceptors (Lipinski definition) is 3. The number of aliphatic imine (C=N–C) groups is 1. The molecule has 0 spiro atoms. The van der Waals surface area contributed by atoms with Crippen LogP contribution >= 0.6 is 23.6 Å². The molecule has 2 aliphatic rings. The van der Waals surface area contributed by atoms with Gasteiger partial charge in [0.25, 0.3) is 0 Å². The topological polar surface area (TPSA) is 24.4 Å². The molecule has 9 heteroatoms. The van der Waals surface area contributed by atoms with Crippen molar-refractivity contribution in [3.8, 4) is 0 Å². The molecule has 2 heterocycles. The SMILES string of the molecule is C[C@@H]1N=C(c2c(F)cccc2F)c2c(sc3c2CC(C(F)(F)F)C3)NC1=S. The second kappa shape index (κ2) is 6.34. The minimum Gasteiger partial charge on any atom is -0.339 e. The number of halogens is 5. The quantitative estimate of drug-likeness (QED) is 0.505. The molecule has 0 saturated carbocycles. The first-order valence-electron chi connectivity index (χ1n) is 8.21. The Morgan fingerprint density at radius 2 is 1.81 bits per heavy atom. The zero-order valence-electron chi connectivity index (χ0n) is 14.0. The van der Waals surface area contributed by atoms with Gasteiger partial charge in [-0.15, -0.1) is 11.3 Å². The van der Waals surface area contributed by atoms with Gasteiger partial charge in [-0.1, -0.05) is 18.3 Å². The Morgan fingerprint density at radius 1 is 1.15 bits per heavy atom. The molecule has 2 aromatic rings. The third-order valence-corrected chi connectivity index (χ3v) is 6.42. The highest BCUT2D eigenvalue weighted by Gasteiger charge is 2.46. The van der Waals surface area contributed by atoms with Gasteiger partial charge in [0.15, 0.2) is 0 Å². The minimum absolute atomic E-state index is 0.0146. The van der Waals surface area contributed by atoms with Crippen LogP contribution in [0.1, 0.15) is 28.5 Å². The number of thiocarbonyl (C=S) groups is 1. The van der Waals surface area contributed by atoms with Gasteiger partial charge in [-0.05, 0) is 37.5 Å². The average molecular weight is 416 g/mol. The maximum atomic E-state index is 14.5. The maximum Gasteiger partial charge on any atom is 0.392 e. The van der Waals surface area contributed by atoms with Crippen molar-refractivity contribution < 1.29 is 22.0 Å². The molecule has 0 amide bonds. The van der Waals surface area contributed by atoms with E-state index in [0.29, 0.717) is 26.0 Å². The van der Waals surface area contributed by atoms with Gasteiger partial charge >= 0.3 is 6.18 Å². The number of hydrogen-bond donors (Lipinski definition) is 1. The summed E-state index contributed by atoms with van der Waals surface area (Å²) in [6.45, 7) is 1.67. The van der Waals surface area contributed by atoms with Crippen LogP contribution in [0.25, 0.3) is 0 Å². The normalized spacial score (nSPS) is 22.0. The van der Waals surface area contributed by atoms with Crippen molar-refractivity contribution in [2.24, 2.45) is 10.9 Å². The Morgan fingerprint density at radius 3 is 2.44 bits per heavy atom. The summed E-state index contributed by atoms with van der Waals surface area (Å²) < 4.78 is 68.5. The van der Waals surface area contributed by atoms with Crippen molar-refractivity contribution in [2.75, 3.05) is 5.32 Å². The molecule has 27 heavy (non-hydrogen) atoms. The number of fused-ring (bicyclic) bond motifs is 3. The summed E-state index contributed by atoms with van der Waals surface area (Å²) in [4.78, 5) is 5.29. The highest BCUT2D eigenvalue weighted by molar-refractivity contribution is 7.80. The molecule has 0 saturated heterocycles. The third kappa shape index (κ3) is 3.06. The van der Waals surface area contributed by atoms with Crippen LogP contribution in [0, 0.1) is 17.6 Å². The van der Waals surface area contributed by atoms with Crippen LogP contribution in [-0.2, 0) is 12.8 Å². The molecule has 1 unspecified atom stereocenters. The number of nitrogens with one attached hydrogen (secondary N) is 1. The summed E-state index contributed by atoms with van der Waals surface area (Å²) in [5, 5.41) is 3.50. The van der Waals surface area contributed by atoms with Crippen LogP contribution in [0.3, 0.4) is 0 Å². The smallest absolute Gasteiger partial charge is 0.339 e. The third-order valence-electron chi connectivity index (χ3n) is 4.81. The van der Waals surface area contributed by atoms with Crippen molar-refractivity contribution in [1.82, 2.24) is 0 Å². The fraction of sp³-hybridized carbons (Fsp3) is 0.333. The van der Waals surface area contributed by atoms with Crippen LogP contribution in [0.4, 0.5) is 27.0 Å². The van der Waals surface area contributed by atoms with E-state index in [-0.39, 0.29) is 24.1 Å². The first kappa shape index (κ1) is 18.5. The van der Waals surface area contributed by atoms with Crippen LogP contribution in [0.15, 0.2) is 23.2 Å². The van der Waals surface area contributed by atoms with E-state index >= 15 is 0 Å². The van der Waals surface area contributed by atoms with Gasteiger partial charge < -0.3 is 5.32 Å². The van der Waals surface area contributed by atoms with E-state index in [0.717, 1.165) is 23.5 Å².